The van der Waals surface area contributed by atoms with Gasteiger partial charge in [-0.25, -0.2) is 0 Å². The molecule has 0 heterocycles. The van der Waals surface area contributed by atoms with E-state index in [1.165, 1.54) is 6.42 Å². The van der Waals surface area contributed by atoms with E-state index >= 15 is 0 Å². The third-order valence-electron chi connectivity index (χ3n) is 1.09. The Morgan fingerprint density at radius 1 is 1.50 bits per heavy atom. The molecule has 10 heavy (non-hydrogen) atoms. The minimum Gasteiger partial charge on any atom is -0.0898 e. The summed E-state index contributed by atoms with van der Waals surface area (Å²) in [6.45, 7) is 1.91. The average Bonchev–Trinajstić information content (AvgIpc) is 1.87. The van der Waals surface area contributed by atoms with Crippen LogP contribution in [0.1, 0.15) is 26.2 Å². The maximum absolute atomic E-state index is 5.63. The molecule has 0 atom stereocenters. The largest absolute Gasteiger partial charge is 0.0898 e. The molecule has 0 saturated heterocycles. The van der Waals surface area contributed by atoms with Crippen LogP contribution in [0.3, 0.4) is 0 Å². The quantitative estimate of drug-likeness (QED) is 0.529. The van der Waals surface area contributed by atoms with Crippen LogP contribution in [0, 0.1) is 0 Å². The van der Waals surface area contributed by atoms with Crippen molar-refractivity contribution < 1.29 is 0 Å². The molecule has 0 N–H and O–H groups in total. The van der Waals surface area contributed by atoms with E-state index in [9.17, 15) is 0 Å². The fourth-order valence-electron chi connectivity index (χ4n) is 0.600. The molecule has 0 aliphatic heterocycles. The summed E-state index contributed by atoms with van der Waals surface area (Å²) in [5, 5.41) is 0.901. The predicted octanol–water partition coefficient (Wildman–Crippen LogP) is 4.25. The van der Waals surface area contributed by atoms with Gasteiger partial charge in [-0.3, -0.25) is 0 Å². The van der Waals surface area contributed by atoms with Gasteiger partial charge in [0.1, 0.15) is 0 Å². The van der Waals surface area contributed by atoms with Crippen LogP contribution in [0.5, 0.6) is 0 Å². The third kappa shape index (κ3) is 8.50. The average molecular weight is 271 g/mol. The second kappa shape index (κ2) is 7.61. The molecule has 0 aliphatic carbocycles. The lowest BCUT2D eigenvalue weighted by molar-refractivity contribution is 0.867. The smallest absolute Gasteiger partial charge is 0.0110 e. The van der Waals surface area contributed by atoms with Crippen molar-refractivity contribution in [2.24, 2.45) is 0 Å². The molecule has 0 aromatic carbocycles. The molecular formula is C8H12ClI. The molecule has 2 heteroatoms. The zero-order valence-electron chi connectivity index (χ0n) is 6.11. The number of hydrogen-bond acceptors (Lipinski definition) is 0. The van der Waals surface area contributed by atoms with Gasteiger partial charge in [0.05, 0.1) is 0 Å². The summed E-state index contributed by atoms with van der Waals surface area (Å²) in [7, 11) is 0. The first-order valence-corrected chi connectivity index (χ1v) is 4.97. The maximum atomic E-state index is 5.63. The molecule has 0 rings (SSSR count). The highest BCUT2D eigenvalue weighted by Crippen LogP contribution is 2.04. The molecule has 58 valence electrons. The fourth-order valence-corrected chi connectivity index (χ4v) is 1.07. The van der Waals surface area contributed by atoms with Crippen molar-refractivity contribution in [2.45, 2.75) is 26.2 Å². The standard InChI is InChI=1S/C8H12ClI/c1-8(9)6-4-2-3-5-7-10/h5-7H,2-4H2,1H3/b7-5-,8-6+. The van der Waals surface area contributed by atoms with Gasteiger partial charge in [-0.2, -0.15) is 0 Å². The van der Waals surface area contributed by atoms with Gasteiger partial charge < -0.3 is 0 Å². The first kappa shape index (κ1) is 10.5. The van der Waals surface area contributed by atoms with Crippen LogP contribution in [0.15, 0.2) is 21.3 Å². The fraction of sp³-hybridized carbons (Fsp3) is 0.500. The van der Waals surface area contributed by atoms with Crippen molar-refractivity contribution in [3.05, 3.63) is 21.3 Å². The molecule has 0 aliphatic rings. The molecule has 0 radical (unpaired) electrons. The van der Waals surface area contributed by atoms with Gasteiger partial charge in [-0.05, 0) is 30.3 Å². The van der Waals surface area contributed by atoms with Crippen LogP contribution >= 0.6 is 34.2 Å². The number of unbranched alkanes of at least 4 members (excludes halogenated alkanes) is 2. The van der Waals surface area contributed by atoms with E-state index in [2.05, 4.69) is 38.8 Å². The monoisotopic (exact) mass is 270 g/mol. The Hall–Kier alpha value is 0.500. The predicted molar refractivity (Wildman–Crippen MR) is 56.6 cm³/mol. The van der Waals surface area contributed by atoms with E-state index in [4.69, 9.17) is 11.6 Å². The number of hydrogen-bond donors (Lipinski definition) is 0. The van der Waals surface area contributed by atoms with E-state index in [0.717, 1.165) is 17.9 Å². The molecule has 0 aromatic rings. The molecule has 0 aromatic heterocycles. The molecule has 0 saturated carbocycles. The molecule has 0 spiro atoms. The van der Waals surface area contributed by atoms with Gasteiger partial charge >= 0.3 is 0 Å². The van der Waals surface area contributed by atoms with Gasteiger partial charge in [0, 0.05) is 5.03 Å². The Labute approximate surface area is 81.5 Å². The lowest BCUT2D eigenvalue weighted by Crippen LogP contribution is -1.68. The van der Waals surface area contributed by atoms with Crippen molar-refractivity contribution in [1.29, 1.82) is 0 Å². The number of rotatable bonds is 4. The molecule has 0 bridgehead atoms. The zero-order valence-corrected chi connectivity index (χ0v) is 9.02. The van der Waals surface area contributed by atoms with Gasteiger partial charge in [0.25, 0.3) is 0 Å². The van der Waals surface area contributed by atoms with Crippen LogP contribution in [-0.4, -0.2) is 0 Å². The lowest BCUT2D eigenvalue weighted by Gasteiger charge is -1.89. The summed E-state index contributed by atoms with van der Waals surface area (Å²) in [6, 6.07) is 0. The van der Waals surface area contributed by atoms with Crippen molar-refractivity contribution >= 4 is 34.2 Å². The second-order valence-corrected chi connectivity index (χ2v) is 3.40. The minimum atomic E-state index is 0.901. The maximum Gasteiger partial charge on any atom is 0.0110 e. The Bertz CT molecular complexity index is 123. The number of allylic oxidation sites excluding steroid dienone is 3. The van der Waals surface area contributed by atoms with Gasteiger partial charge in [0.15, 0.2) is 0 Å². The van der Waals surface area contributed by atoms with Gasteiger partial charge in [-0.15, -0.1) is 0 Å². The number of halogens is 2. The summed E-state index contributed by atoms with van der Waals surface area (Å²) in [5.41, 5.74) is 0. The van der Waals surface area contributed by atoms with E-state index < -0.39 is 0 Å². The zero-order chi connectivity index (χ0) is 7.82. The van der Waals surface area contributed by atoms with Gasteiger partial charge in [0.2, 0.25) is 0 Å². The van der Waals surface area contributed by atoms with Crippen LogP contribution in [0.4, 0.5) is 0 Å². The minimum absolute atomic E-state index is 0.901. The summed E-state index contributed by atoms with van der Waals surface area (Å²) >= 11 is 7.86. The van der Waals surface area contributed by atoms with Crippen molar-refractivity contribution in [3.63, 3.8) is 0 Å². The highest BCUT2D eigenvalue weighted by atomic mass is 127. The molecule has 0 fully saturated rings. The Morgan fingerprint density at radius 3 is 2.70 bits per heavy atom. The van der Waals surface area contributed by atoms with Crippen LogP contribution in [0.2, 0.25) is 0 Å². The highest BCUT2D eigenvalue weighted by molar-refractivity contribution is 14.1. The molecule has 0 unspecified atom stereocenters. The normalized spacial score (nSPS) is 12.9. The SMILES string of the molecule is C/C(Cl)=C\CCC/C=C\I. The Kier molecular flexibility index (Phi) is 7.99. The summed E-state index contributed by atoms with van der Waals surface area (Å²) < 4.78 is 2.05. The third-order valence-corrected chi connectivity index (χ3v) is 1.75. The molecule has 0 nitrogen and oxygen atoms in total. The van der Waals surface area contributed by atoms with E-state index in [-0.39, 0.29) is 0 Å². The van der Waals surface area contributed by atoms with Crippen molar-refractivity contribution in [3.8, 4) is 0 Å². The Balaban J connectivity index is 3.13. The highest BCUT2D eigenvalue weighted by Gasteiger charge is 1.81. The topological polar surface area (TPSA) is 0 Å². The van der Waals surface area contributed by atoms with Crippen molar-refractivity contribution in [2.75, 3.05) is 0 Å². The van der Waals surface area contributed by atoms with Gasteiger partial charge in [-0.1, -0.05) is 46.3 Å². The Morgan fingerprint density at radius 2 is 2.20 bits per heavy atom. The van der Waals surface area contributed by atoms with Crippen LogP contribution in [-0.2, 0) is 0 Å². The van der Waals surface area contributed by atoms with Crippen molar-refractivity contribution in [1.82, 2.24) is 0 Å². The first-order valence-electron chi connectivity index (χ1n) is 3.35. The second-order valence-electron chi connectivity index (χ2n) is 2.08. The van der Waals surface area contributed by atoms with E-state index in [1.54, 1.807) is 0 Å². The molecule has 0 amide bonds. The summed E-state index contributed by atoms with van der Waals surface area (Å²) in [5.74, 6) is 0. The molecular weight excluding hydrogens is 258 g/mol. The first-order chi connectivity index (χ1) is 4.77. The van der Waals surface area contributed by atoms with E-state index in [0.29, 0.717) is 0 Å². The van der Waals surface area contributed by atoms with E-state index in [1.807, 2.05) is 6.92 Å². The van der Waals surface area contributed by atoms with Crippen LogP contribution < -0.4 is 0 Å². The summed E-state index contributed by atoms with van der Waals surface area (Å²) in [6.07, 6.45) is 7.67. The van der Waals surface area contributed by atoms with Crippen LogP contribution in [0.25, 0.3) is 0 Å². The summed E-state index contributed by atoms with van der Waals surface area (Å²) in [4.78, 5) is 0. The lowest BCUT2D eigenvalue weighted by atomic mass is 10.2.